The van der Waals surface area contributed by atoms with Gasteiger partial charge in [0.2, 0.25) is 0 Å². The summed E-state index contributed by atoms with van der Waals surface area (Å²) in [6.07, 6.45) is 0.271. The van der Waals surface area contributed by atoms with Crippen LogP contribution in [0.4, 0.5) is 0 Å². The highest BCUT2D eigenvalue weighted by Crippen LogP contribution is 2.61. The number of nitrogens with one attached hydrogen (secondary N) is 1. The number of hydrogen-bond donors (Lipinski definition) is 1. The number of benzene rings is 2. The van der Waals surface area contributed by atoms with Gasteiger partial charge in [-0.2, -0.15) is 0 Å². The Morgan fingerprint density at radius 3 is 2.26 bits per heavy atom. The van der Waals surface area contributed by atoms with E-state index in [1.54, 1.807) is 56.3 Å². The van der Waals surface area contributed by atoms with Gasteiger partial charge in [-0.3, -0.25) is 19.7 Å². The molecule has 2 fully saturated rings. The number of cyclic esters (lactones) is 1. The van der Waals surface area contributed by atoms with Gasteiger partial charge in [0.1, 0.15) is 5.54 Å². The van der Waals surface area contributed by atoms with E-state index in [1.165, 1.54) is 0 Å². The van der Waals surface area contributed by atoms with E-state index in [0.717, 1.165) is 4.47 Å². The van der Waals surface area contributed by atoms with E-state index in [9.17, 15) is 14.4 Å². The largest absolute Gasteiger partial charge is 0.465 e. The minimum atomic E-state index is -1.90. The fourth-order valence-electron chi connectivity index (χ4n) is 5.23. The molecule has 1 spiro atoms. The van der Waals surface area contributed by atoms with Crippen molar-refractivity contribution in [2.24, 2.45) is 5.41 Å². The van der Waals surface area contributed by atoms with Crippen molar-refractivity contribution in [2.75, 3.05) is 19.8 Å². The number of esters is 3. The van der Waals surface area contributed by atoms with Crippen LogP contribution >= 0.6 is 27.5 Å². The van der Waals surface area contributed by atoms with E-state index < -0.39 is 40.8 Å². The molecule has 2 aliphatic rings. The van der Waals surface area contributed by atoms with Crippen LogP contribution in [0.2, 0.25) is 5.02 Å². The number of hydrogen-bond acceptors (Lipinski definition) is 7. The average molecular weight is 551 g/mol. The molecule has 0 bridgehead atoms. The van der Waals surface area contributed by atoms with Gasteiger partial charge in [0, 0.05) is 21.8 Å². The Balaban J connectivity index is 2.06. The lowest BCUT2D eigenvalue weighted by Gasteiger charge is -2.37. The normalized spacial score (nSPS) is 25.2. The van der Waals surface area contributed by atoms with E-state index in [4.69, 9.17) is 25.8 Å². The molecule has 7 nitrogen and oxygen atoms in total. The van der Waals surface area contributed by atoms with Gasteiger partial charge in [0.05, 0.1) is 25.9 Å². The Kier molecular flexibility index (Phi) is 7.03. The van der Waals surface area contributed by atoms with Crippen molar-refractivity contribution < 1.29 is 28.6 Å². The molecule has 180 valence electrons. The van der Waals surface area contributed by atoms with Crippen molar-refractivity contribution in [1.82, 2.24) is 5.32 Å². The highest BCUT2D eigenvalue weighted by atomic mass is 79.9. The monoisotopic (exact) mass is 549 g/mol. The summed E-state index contributed by atoms with van der Waals surface area (Å²) in [5.41, 5.74) is -2.03. The van der Waals surface area contributed by atoms with Crippen molar-refractivity contribution in [3.63, 3.8) is 0 Å². The molecule has 2 aromatic carbocycles. The zero-order valence-electron chi connectivity index (χ0n) is 18.8. The quantitative estimate of drug-likeness (QED) is 0.325. The number of ether oxygens (including phenoxy) is 3. The maximum Gasteiger partial charge on any atom is 0.327 e. The van der Waals surface area contributed by atoms with Gasteiger partial charge >= 0.3 is 17.9 Å². The fourth-order valence-corrected chi connectivity index (χ4v) is 5.77. The summed E-state index contributed by atoms with van der Waals surface area (Å²) in [4.78, 5) is 41.1. The third-order valence-corrected chi connectivity index (χ3v) is 7.26. The maximum atomic E-state index is 13.9. The molecular weight excluding hydrogens is 526 g/mol. The first-order valence-corrected chi connectivity index (χ1v) is 12.3. The van der Waals surface area contributed by atoms with Gasteiger partial charge in [-0.1, -0.05) is 51.8 Å². The number of carbonyl (C=O) groups excluding carboxylic acids is 3. The van der Waals surface area contributed by atoms with Crippen molar-refractivity contribution in [1.29, 1.82) is 0 Å². The van der Waals surface area contributed by atoms with Gasteiger partial charge in [0.25, 0.3) is 0 Å². The lowest BCUT2D eigenvalue weighted by atomic mass is 9.62. The second-order valence-corrected chi connectivity index (χ2v) is 9.64. The van der Waals surface area contributed by atoms with Crippen LogP contribution in [-0.4, -0.2) is 43.3 Å². The lowest BCUT2D eigenvalue weighted by Crippen LogP contribution is -2.52. The first-order chi connectivity index (χ1) is 16.3. The van der Waals surface area contributed by atoms with Crippen LogP contribution < -0.4 is 5.32 Å². The molecule has 2 heterocycles. The highest BCUT2D eigenvalue weighted by Gasteiger charge is 2.75. The smallest absolute Gasteiger partial charge is 0.327 e. The van der Waals surface area contributed by atoms with Crippen LogP contribution in [-0.2, 0) is 28.6 Å². The Hall–Kier alpha value is -2.42. The summed E-state index contributed by atoms with van der Waals surface area (Å²) in [5.74, 6) is -3.00. The molecule has 9 heteroatoms. The Labute approximate surface area is 211 Å². The molecule has 0 aliphatic carbocycles. The number of carbonyl (C=O) groups is 3. The first kappa shape index (κ1) is 24.7. The summed E-state index contributed by atoms with van der Waals surface area (Å²) >= 11 is 9.60. The standard InChI is InChI=1S/C25H25BrClNO6/c1-3-32-22(30)25(23(31)33-4-2)19(16-6-5-7-17(26)14-16)24(12-13-34-21(24)29)28-20(25)15-8-10-18(27)11-9-15/h5-11,14,19-20,28H,3-4,12-13H2,1-2H3/t19?,20-,24-/m1/s1. The maximum absolute atomic E-state index is 13.9. The van der Waals surface area contributed by atoms with Gasteiger partial charge < -0.3 is 14.2 Å². The molecule has 4 rings (SSSR count). The summed E-state index contributed by atoms with van der Waals surface area (Å²) in [6, 6.07) is 13.1. The van der Waals surface area contributed by atoms with E-state index in [0.29, 0.717) is 16.1 Å². The molecule has 2 saturated heterocycles. The second-order valence-electron chi connectivity index (χ2n) is 8.28. The summed E-state index contributed by atoms with van der Waals surface area (Å²) in [5, 5.41) is 3.85. The zero-order chi connectivity index (χ0) is 24.5. The predicted octanol–water partition coefficient (Wildman–Crippen LogP) is 4.33. The van der Waals surface area contributed by atoms with E-state index in [-0.39, 0.29) is 26.2 Å². The van der Waals surface area contributed by atoms with Crippen LogP contribution in [0.5, 0.6) is 0 Å². The molecule has 0 aromatic heterocycles. The van der Waals surface area contributed by atoms with Crippen LogP contribution in [0.25, 0.3) is 0 Å². The van der Waals surface area contributed by atoms with Gasteiger partial charge in [-0.25, -0.2) is 0 Å². The molecule has 0 saturated carbocycles. The van der Waals surface area contributed by atoms with Crippen LogP contribution in [0.15, 0.2) is 53.0 Å². The van der Waals surface area contributed by atoms with Crippen LogP contribution in [0.3, 0.4) is 0 Å². The van der Waals surface area contributed by atoms with Crippen LogP contribution in [0.1, 0.15) is 43.4 Å². The summed E-state index contributed by atoms with van der Waals surface area (Å²) in [7, 11) is 0. The topological polar surface area (TPSA) is 90.9 Å². The minimum absolute atomic E-state index is 0.0516. The lowest BCUT2D eigenvalue weighted by molar-refractivity contribution is -0.175. The van der Waals surface area contributed by atoms with E-state index in [1.807, 2.05) is 6.07 Å². The van der Waals surface area contributed by atoms with Crippen molar-refractivity contribution in [3.8, 4) is 0 Å². The highest BCUT2D eigenvalue weighted by molar-refractivity contribution is 9.10. The molecule has 2 aliphatic heterocycles. The molecule has 3 atom stereocenters. The molecule has 0 radical (unpaired) electrons. The second kappa shape index (κ2) is 9.68. The Morgan fingerprint density at radius 1 is 1.09 bits per heavy atom. The molecular formula is C25H25BrClNO6. The van der Waals surface area contributed by atoms with Crippen molar-refractivity contribution in [2.45, 2.75) is 37.8 Å². The van der Waals surface area contributed by atoms with Gasteiger partial charge in [-0.05, 0) is 49.2 Å². The van der Waals surface area contributed by atoms with E-state index in [2.05, 4.69) is 21.2 Å². The molecule has 1 N–H and O–H groups in total. The summed E-state index contributed by atoms with van der Waals surface area (Å²) < 4.78 is 17.2. The van der Waals surface area contributed by atoms with Crippen LogP contribution in [0, 0.1) is 5.41 Å². The number of rotatable bonds is 6. The third-order valence-electron chi connectivity index (χ3n) is 6.51. The summed E-state index contributed by atoms with van der Waals surface area (Å²) in [6.45, 7) is 3.60. The molecule has 2 aromatic rings. The van der Waals surface area contributed by atoms with Gasteiger partial charge in [0.15, 0.2) is 5.41 Å². The zero-order valence-corrected chi connectivity index (χ0v) is 21.1. The number of halogens is 2. The van der Waals surface area contributed by atoms with Crippen molar-refractivity contribution in [3.05, 3.63) is 69.2 Å². The Bertz CT molecular complexity index is 1090. The third kappa shape index (κ3) is 3.82. The molecule has 1 unspecified atom stereocenters. The first-order valence-electron chi connectivity index (χ1n) is 11.1. The Morgan fingerprint density at radius 2 is 1.74 bits per heavy atom. The fraction of sp³-hybridized carbons (Fsp3) is 0.400. The predicted molar refractivity (Wildman–Crippen MR) is 128 cm³/mol. The molecule has 34 heavy (non-hydrogen) atoms. The average Bonchev–Trinajstić information content (AvgIpc) is 3.33. The molecule has 0 amide bonds. The van der Waals surface area contributed by atoms with E-state index >= 15 is 0 Å². The minimum Gasteiger partial charge on any atom is -0.465 e. The van der Waals surface area contributed by atoms with Gasteiger partial charge in [-0.15, -0.1) is 0 Å². The SMILES string of the molecule is CCOC(=O)C1(C(=O)OCC)C(c2cccc(Br)c2)[C@@]2(CCOC2=O)N[C@@H]1c1ccc(Cl)cc1. The van der Waals surface area contributed by atoms with Crippen molar-refractivity contribution >= 4 is 45.4 Å².